The van der Waals surface area contributed by atoms with Crippen LogP contribution in [-0.2, 0) is 13.0 Å². The summed E-state index contributed by atoms with van der Waals surface area (Å²) in [6, 6.07) is 23.4. The fourth-order valence-electron chi connectivity index (χ4n) is 3.88. The van der Waals surface area contributed by atoms with Gasteiger partial charge in [0.1, 0.15) is 5.82 Å². The second-order valence-corrected chi connectivity index (χ2v) is 7.90. The fourth-order valence-corrected chi connectivity index (χ4v) is 3.88. The van der Waals surface area contributed by atoms with Crippen LogP contribution in [0.5, 0.6) is 11.5 Å². The number of methoxy groups -OCH3 is 1. The monoisotopic (exact) mass is 443 g/mol. The van der Waals surface area contributed by atoms with E-state index in [9.17, 15) is 4.79 Å². The van der Waals surface area contributed by atoms with Crippen molar-refractivity contribution in [2.75, 3.05) is 20.3 Å². The number of hydrogen-bond acceptors (Lipinski definition) is 4. The Morgan fingerprint density at radius 1 is 1.00 bits per heavy atom. The molecule has 0 atom stereocenters. The smallest absolute Gasteiger partial charge is 0.251 e. The van der Waals surface area contributed by atoms with E-state index >= 15 is 0 Å². The molecule has 0 radical (unpaired) electrons. The Bertz CT molecular complexity index is 1230. The summed E-state index contributed by atoms with van der Waals surface area (Å²) in [6.07, 6.45) is 1.47. The third kappa shape index (κ3) is 5.52. The quantitative estimate of drug-likeness (QED) is 0.358. The van der Waals surface area contributed by atoms with Crippen LogP contribution >= 0.6 is 0 Å². The number of imidazole rings is 1. The standard InChI is InChI=1S/C27H29N3O3/c1-20-9-7-10-21(19-20)27(31)28-16-15-26-29-22-11-3-4-12-23(22)30(26)17-8-18-33-25-14-6-5-13-24(25)32-2/h3-7,9-14,19H,8,15-18H2,1-2H3,(H,28,31). The summed E-state index contributed by atoms with van der Waals surface area (Å²) in [4.78, 5) is 17.3. The van der Waals surface area contributed by atoms with E-state index in [1.54, 1.807) is 7.11 Å². The number of amides is 1. The highest BCUT2D eigenvalue weighted by molar-refractivity contribution is 5.94. The number of para-hydroxylation sites is 4. The van der Waals surface area contributed by atoms with Gasteiger partial charge in [-0.25, -0.2) is 4.98 Å². The summed E-state index contributed by atoms with van der Waals surface area (Å²) in [7, 11) is 1.64. The zero-order valence-electron chi connectivity index (χ0n) is 19.1. The number of aryl methyl sites for hydroxylation is 2. The summed E-state index contributed by atoms with van der Waals surface area (Å²) >= 11 is 0. The number of nitrogens with one attached hydrogen (secondary N) is 1. The van der Waals surface area contributed by atoms with E-state index in [1.165, 1.54) is 0 Å². The molecule has 0 bridgehead atoms. The Balaban J connectivity index is 1.38. The average molecular weight is 444 g/mol. The predicted molar refractivity (Wildman–Crippen MR) is 130 cm³/mol. The number of nitrogens with zero attached hydrogens (tertiary/aromatic N) is 2. The summed E-state index contributed by atoms with van der Waals surface area (Å²) in [5.74, 6) is 2.37. The van der Waals surface area contributed by atoms with Crippen molar-refractivity contribution in [2.45, 2.75) is 26.3 Å². The lowest BCUT2D eigenvalue weighted by Crippen LogP contribution is -2.26. The molecular weight excluding hydrogens is 414 g/mol. The van der Waals surface area contributed by atoms with Crippen LogP contribution in [0.15, 0.2) is 72.8 Å². The van der Waals surface area contributed by atoms with Crippen LogP contribution in [0.2, 0.25) is 0 Å². The van der Waals surface area contributed by atoms with E-state index < -0.39 is 0 Å². The van der Waals surface area contributed by atoms with Crippen LogP contribution in [0.25, 0.3) is 11.0 Å². The van der Waals surface area contributed by atoms with Crippen molar-refractivity contribution in [1.82, 2.24) is 14.9 Å². The molecule has 0 aliphatic heterocycles. The molecule has 0 unspecified atom stereocenters. The Morgan fingerprint density at radius 2 is 1.79 bits per heavy atom. The minimum Gasteiger partial charge on any atom is -0.493 e. The molecule has 0 saturated heterocycles. The molecule has 4 aromatic rings. The number of rotatable bonds is 10. The second kappa shape index (κ2) is 10.7. The van der Waals surface area contributed by atoms with Gasteiger partial charge in [-0.1, -0.05) is 42.0 Å². The maximum Gasteiger partial charge on any atom is 0.251 e. The van der Waals surface area contributed by atoms with E-state index in [-0.39, 0.29) is 5.91 Å². The SMILES string of the molecule is COc1ccccc1OCCCn1c(CCNC(=O)c2cccc(C)c2)nc2ccccc21. The number of aromatic nitrogens is 2. The van der Waals surface area contributed by atoms with Crippen molar-refractivity contribution in [3.63, 3.8) is 0 Å². The van der Waals surface area contributed by atoms with Crippen LogP contribution < -0.4 is 14.8 Å². The van der Waals surface area contributed by atoms with Crippen LogP contribution in [0, 0.1) is 6.92 Å². The van der Waals surface area contributed by atoms with Crippen molar-refractivity contribution in [3.8, 4) is 11.5 Å². The first-order chi connectivity index (χ1) is 16.2. The van der Waals surface area contributed by atoms with Gasteiger partial charge in [-0.05, 0) is 49.7 Å². The molecular formula is C27H29N3O3. The lowest BCUT2D eigenvalue weighted by Gasteiger charge is -2.12. The molecule has 0 aliphatic carbocycles. The molecule has 4 rings (SSSR count). The number of fused-ring (bicyclic) bond motifs is 1. The van der Waals surface area contributed by atoms with E-state index in [2.05, 4.69) is 16.0 Å². The largest absolute Gasteiger partial charge is 0.493 e. The minimum atomic E-state index is -0.0634. The number of ether oxygens (including phenoxy) is 2. The van der Waals surface area contributed by atoms with Crippen LogP contribution in [0.3, 0.4) is 0 Å². The lowest BCUT2D eigenvalue weighted by atomic mass is 10.1. The molecule has 1 N–H and O–H groups in total. The van der Waals surface area contributed by atoms with Crippen molar-refractivity contribution < 1.29 is 14.3 Å². The highest BCUT2D eigenvalue weighted by Crippen LogP contribution is 2.26. The third-order valence-corrected chi connectivity index (χ3v) is 5.50. The van der Waals surface area contributed by atoms with Crippen molar-refractivity contribution in [2.24, 2.45) is 0 Å². The van der Waals surface area contributed by atoms with Crippen LogP contribution in [-0.4, -0.2) is 35.7 Å². The van der Waals surface area contributed by atoms with Gasteiger partial charge in [0, 0.05) is 25.1 Å². The maximum absolute atomic E-state index is 12.5. The molecule has 3 aromatic carbocycles. The van der Waals surface area contributed by atoms with Crippen molar-refractivity contribution >= 4 is 16.9 Å². The molecule has 6 nitrogen and oxygen atoms in total. The van der Waals surface area contributed by atoms with Crippen LogP contribution in [0.4, 0.5) is 0 Å². The molecule has 1 heterocycles. The zero-order valence-corrected chi connectivity index (χ0v) is 19.1. The van der Waals surface area contributed by atoms with Crippen LogP contribution in [0.1, 0.15) is 28.2 Å². The average Bonchev–Trinajstić information content (AvgIpc) is 3.19. The molecule has 1 amide bonds. The fraction of sp³-hybridized carbons (Fsp3) is 0.259. The Morgan fingerprint density at radius 3 is 2.61 bits per heavy atom. The summed E-state index contributed by atoms with van der Waals surface area (Å²) < 4.78 is 13.5. The van der Waals surface area contributed by atoms with Gasteiger partial charge in [0.25, 0.3) is 5.91 Å². The molecule has 33 heavy (non-hydrogen) atoms. The Labute approximate surface area is 194 Å². The van der Waals surface area contributed by atoms with E-state index in [4.69, 9.17) is 14.5 Å². The summed E-state index contributed by atoms with van der Waals surface area (Å²) in [5, 5.41) is 3.02. The predicted octanol–water partition coefficient (Wildman–Crippen LogP) is 4.79. The molecule has 0 fully saturated rings. The third-order valence-electron chi connectivity index (χ3n) is 5.50. The van der Waals surface area contributed by atoms with Gasteiger partial charge in [-0.2, -0.15) is 0 Å². The molecule has 0 spiro atoms. The highest BCUT2D eigenvalue weighted by atomic mass is 16.5. The van der Waals surface area contributed by atoms with Gasteiger partial charge in [-0.3, -0.25) is 4.79 Å². The topological polar surface area (TPSA) is 65.4 Å². The first-order valence-corrected chi connectivity index (χ1v) is 11.2. The second-order valence-electron chi connectivity index (χ2n) is 7.90. The van der Waals surface area contributed by atoms with E-state index in [1.807, 2.05) is 73.7 Å². The minimum absolute atomic E-state index is 0.0634. The molecule has 1 aromatic heterocycles. The van der Waals surface area contributed by atoms with Crippen molar-refractivity contribution in [3.05, 3.63) is 89.7 Å². The Hall–Kier alpha value is -3.80. The van der Waals surface area contributed by atoms with E-state index in [0.29, 0.717) is 25.1 Å². The van der Waals surface area contributed by atoms with Gasteiger partial charge < -0.3 is 19.4 Å². The summed E-state index contributed by atoms with van der Waals surface area (Å²) in [6.45, 7) is 3.85. The lowest BCUT2D eigenvalue weighted by molar-refractivity contribution is 0.0954. The maximum atomic E-state index is 12.5. The van der Waals surface area contributed by atoms with Gasteiger partial charge in [0.15, 0.2) is 11.5 Å². The first kappa shape index (κ1) is 22.4. The number of hydrogen-bond donors (Lipinski definition) is 1. The Kier molecular flexibility index (Phi) is 7.25. The van der Waals surface area contributed by atoms with Gasteiger partial charge in [0.05, 0.1) is 24.8 Å². The van der Waals surface area contributed by atoms with Gasteiger partial charge >= 0.3 is 0 Å². The molecule has 0 aliphatic rings. The zero-order chi connectivity index (χ0) is 23.0. The summed E-state index contributed by atoms with van der Waals surface area (Å²) in [5.41, 5.74) is 3.80. The number of benzene rings is 3. The van der Waals surface area contributed by atoms with Gasteiger partial charge in [0.2, 0.25) is 0 Å². The van der Waals surface area contributed by atoms with E-state index in [0.717, 1.165) is 46.9 Å². The van der Waals surface area contributed by atoms with Gasteiger partial charge in [-0.15, -0.1) is 0 Å². The number of carbonyl (C=O) groups is 1. The molecule has 0 saturated carbocycles. The first-order valence-electron chi connectivity index (χ1n) is 11.2. The molecule has 170 valence electrons. The highest BCUT2D eigenvalue weighted by Gasteiger charge is 2.12. The normalized spacial score (nSPS) is 10.8. The number of carbonyl (C=O) groups excluding carboxylic acids is 1. The van der Waals surface area contributed by atoms with Crippen molar-refractivity contribution in [1.29, 1.82) is 0 Å². The molecule has 6 heteroatoms.